The minimum atomic E-state index is -0.456. The summed E-state index contributed by atoms with van der Waals surface area (Å²) in [4.78, 5) is 2.43. The predicted molar refractivity (Wildman–Crippen MR) is 108 cm³/mol. The van der Waals surface area contributed by atoms with E-state index in [1.807, 2.05) is 6.07 Å². The molecule has 4 heteroatoms. The van der Waals surface area contributed by atoms with E-state index in [4.69, 9.17) is 4.74 Å². The lowest BCUT2D eigenvalue weighted by Crippen LogP contribution is -2.48. The van der Waals surface area contributed by atoms with Gasteiger partial charge in [0.1, 0.15) is 18.5 Å². The van der Waals surface area contributed by atoms with Crippen LogP contribution in [-0.4, -0.2) is 41.3 Å². The minimum Gasteiger partial charge on any atom is -0.491 e. The first kappa shape index (κ1) is 22.3. The number of hydrogen-bond donors (Lipinski definition) is 1. The molecule has 1 aliphatic rings. The van der Waals surface area contributed by atoms with Crippen LogP contribution in [0.4, 0.5) is 0 Å². The Morgan fingerprint density at radius 2 is 1.80 bits per heavy atom. The molecule has 3 nitrogen and oxygen atoms in total. The molecule has 0 spiro atoms. The van der Waals surface area contributed by atoms with Crippen LogP contribution in [0.25, 0.3) is 0 Å². The van der Waals surface area contributed by atoms with Crippen LogP contribution in [-0.2, 0) is 5.41 Å². The van der Waals surface area contributed by atoms with E-state index in [-0.39, 0.29) is 17.8 Å². The zero-order valence-corrected chi connectivity index (χ0v) is 17.5. The van der Waals surface area contributed by atoms with Gasteiger partial charge >= 0.3 is 0 Å². The second-order valence-electron chi connectivity index (χ2n) is 8.54. The largest absolute Gasteiger partial charge is 0.491 e. The van der Waals surface area contributed by atoms with Gasteiger partial charge in [0.05, 0.1) is 0 Å². The van der Waals surface area contributed by atoms with Gasteiger partial charge in [-0.1, -0.05) is 44.9 Å². The molecule has 1 N–H and O–H groups in total. The molecular weight excluding hydrogens is 334 g/mol. The van der Waals surface area contributed by atoms with Crippen molar-refractivity contribution in [3.8, 4) is 5.75 Å². The number of likely N-dealkylation sites (tertiary alicyclic amines) is 1. The molecule has 1 aromatic carbocycles. The molecule has 0 aliphatic carbocycles. The highest BCUT2D eigenvalue weighted by molar-refractivity contribution is 5.85. The first-order valence-electron chi connectivity index (χ1n) is 9.36. The van der Waals surface area contributed by atoms with Crippen molar-refractivity contribution in [2.75, 3.05) is 13.2 Å². The number of aliphatic hydroxyl groups is 1. The second kappa shape index (κ2) is 9.25. The molecule has 3 unspecified atom stereocenters. The summed E-state index contributed by atoms with van der Waals surface area (Å²) in [5, 5.41) is 10.5. The number of halogens is 1. The molecule has 0 radical (unpaired) electrons. The molecule has 144 valence electrons. The van der Waals surface area contributed by atoms with Gasteiger partial charge in [0.2, 0.25) is 0 Å². The standard InChI is InChI=1S/C21H35NO2.ClH/c1-15-10-11-20(19(12-15)21(4,5)6)24-14-18(23)13-22-16(2)8-7-9-17(22)3;/h10-12,16-18,23H,7-9,13-14H2,1-6H3;1H. The lowest BCUT2D eigenvalue weighted by molar-refractivity contribution is 0.0206. The van der Waals surface area contributed by atoms with Crippen molar-refractivity contribution in [1.82, 2.24) is 4.90 Å². The number of β-amino-alcohol motifs (C(OH)–C–C–N with tert-alkyl or cyclic N) is 1. The van der Waals surface area contributed by atoms with Crippen molar-refractivity contribution in [3.63, 3.8) is 0 Å². The van der Waals surface area contributed by atoms with Gasteiger partial charge < -0.3 is 9.84 Å². The van der Waals surface area contributed by atoms with E-state index >= 15 is 0 Å². The minimum absolute atomic E-state index is 0. The summed E-state index contributed by atoms with van der Waals surface area (Å²) < 4.78 is 6.02. The van der Waals surface area contributed by atoms with Crippen LogP contribution in [0.1, 0.15) is 65.0 Å². The number of benzene rings is 1. The number of nitrogens with zero attached hydrogens (tertiary/aromatic N) is 1. The Morgan fingerprint density at radius 1 is 1.20 bits per heavy atom. The molecule has 3 atom stereocenters. The summed E-state index contributed by atoms with van der Waals surface area (Å²) in [5.41, 5.74) is 2.47. The molecule has 1 aliphatic heterocycles. The van der Waals surface area contributed by atoms with Crippen molar-refractivity contribution < 1.29 is 9.84 Å². The molecule has 0 saturated carbocycles. The molecule has 0 aromatic heterocycles. The Labute approximate surface area is 160 Å². The summed E-state index contributed by atoms with van der Waals surface area (Å²) in [7, 11) is 0. The van der Waals surface area contributed by atoms with Crippen LogP contribution >= 0.6 is 12.4 Å². The average molecular weight is 370 g/mol. The number of ether oxygens (including phenoxy) is 1. The van der Waals surface area contributed by atoms with E-state index in [1.54, 1.807) is 0 Å². The monoisotopic (exact) mass is 369 g/mol. The quantitative estimate of drug-likeness (QED) is 0.815. The van der Waals surface area contributed by atoms with E-state index in [1.165, 1.54) is 30.4 Å². The van der Waals surface area contributed by atoms with Crippen LogP contribution < -0.4 is 4.74 Å². The normalized spacial score (nSPS) is 23.0. The highest BCUT2D eigenvalue weighted by atomic mass is 35.5. The summed E-state index contributed by atoms with van der Waals surface area (Å²) in [6, 6.07) is 7.40. The number of rotatable bonds is 5. The first-order chi connectivity index (χ1) is 11.2. The van der Waals surface area contributed by atoms with Gasteiger partial charge in [0, 0.05) is 18.6 Å². The van der Waals surface area contributed by atoms with Crippen molar-refractivity contribution in [1.29, 1.82) is 0 Å². The van der Waals surface area contributed by atoms with E-state index in [9.17, 15) is 5.11 Å². The van der Waals surface area contributed by atoms with Gasteiger partial charge in [0.25, 0.3) is 0 Å². The van der Waals surface area contributed by atoms with Gasteiger partial charge in [0.15, 0.2) is 0 Å². The SMILES string of the molecule is Cc1ccc(OCC(O)CN2C(C)CCCC2C)c(C(C)(C)C)c1.Cl. The lowest BCUT2D eigenvalue weighted by Gasteiger charge is -2.40. The summed E-state index contributed by atoms with van der Waals surface area (Å²) in [6.45, 7) is 14.3. The Morgan fingerprint density at radius 3 is 2.36 bits per heavy atom. The third kappa shape index (κ3) is 6.16. The molecule has 0 amide bonds. The van der Waals surface area contributed by atoms with Crippen LogP contribution in [0.15, 0.2) is 18.2 Å². The summed E-state index contributed by atoms with van der Waals surface area (Å²) in [6.07, 6.45) is 3.29. The van der Waals surface area contributed by atoms with Gasteiger partial charge in [-0.05, 0) is 50.7 Å². The number of hydrogen-bond acceptors (Lipinski definition) is 3. The second-order valence-corrected chi connectivity index (χ2v) is 8.54. The van der Waals surface area contributed by atoms with Crippen molar-refractivity contribution >= 4 is 12.4 Å². The van der Waals surface area contributed by atoms with E-state index < -0.39 is 6.10 Å². The maximum Gasteiger partial charge on any atom is 0.123 e. The fourth-order valence-electron chi connectivity index (χ4n) is 3.67. The Bertz CT molecular complexity index is 531. The molecule has 1 fully saturated rings. The number of piperidine rings is 1. The highest BCUT2D eigenvalue weighted by Crippen LogP contribution is 2.32. The molecule has 1 saturated heterocycles. The highest BCUT2D eigenvalue weighted by Gasteiger charge is 2.27. The third-order valence-electron chi connectivity index (χ3n) is 5.17. The van der Waals surface area contributed by atoms with Crippen LogP contribution in [0.3, 0.4) is 0 Å². The molecule has 0 bridgehead atoms. The fourth-order valence-corrected chi connectivity index (χ4v) is 3.67. The molecule has 1 aromatic rings. The topological polar surface area (TPSA) is 32.7 Å². The molecule has 2 rings (SSSR count). The summed E-state index contributed by atoms with van der Waals surface area (Å²) in [5.74, 6) is 0.895. The maximum atomic E-state index is 10.5. The van der Waals surface area contributed by atoms with E-state index in [0.29, 0.717) is 25.2 Å². The Kier molecular flexibility index (Phi) is 8.24. The maximum absolute atomic E-state index is 10.5. The van der Waals surface area contributed by atoms with Gasteiger partial charge in [-0.25, -0.2) is 0 Å². The molecule has 1 heterocycles. The van der Waals surface area contributed by atoms with Crippen LogP contribution in [0, 0.1) is 6.92 Å². The van der Waals surface area contributed by atoms with Crippen molar-refractivity contribution in [3.05, 3.63) is 29.3 Å². The zero-order chi connectivity index (χ0) is 17.9. The van der Waals surface area contributed by atoms with Gasteiger partial charge in [-0.15, -0.1) is 12.4 Å². The average Bonchev–Trinajstić information content (AvgIpc) is 2.49. The Hall–Kier alpha value is -0.770. The zero-order valence-electron chi connectivity index (χ0n) is 16.7. The predicted octanol–water partition coefficient (Wildman–Crippen LogP) is 4.72. The van der Waals surface area contributed by atoms with Crippen LogP contribution in [0.5, 0.6) is 5.75 Å². The van der Waals surface area contributed by atoms with E-state index in [2.05, 4.69) is 58.6 Å². The first-order valence-corrected chi connectivity index (χ1v) is 9.36. The van der Waals surface area contributed by atoms with Gasteiger partial charge in [-0.2, -0.15) is 0 Å². The fraction of sp³-hybridized carbons (Fsp3) is 0.714. The third-order valence-corrected chi connectivity index (χ3v) is 5.17. The summed E-state index contributed by atoms with van der Waals surface area (Å²) >= 11 is 0. The number of aryl methyl sites for hydroxylation is 1. The molecular formula is C21H36ClNO2. The van der Waals surface area contributed by atoms with Crippen LogP contribution in [0.2, 0.25) is 0 Å². The molecule has 25 heavy (non-hydrogen) atoms. The number of aliphatic hydroxyl groups excluding tert-OH is 1. The Balaban J connectivity index is 0.00000312. The van der Waals surface area contributed by atoms with E-state index in [0.717, 1.165) is 5.75 Å². The lowest BCUT2D eigenvalue weighted by atomic mass is 9.85. The van der Waals surface area contributed by atoms with Gasteiger partial charge in [-0.3, -0.25) is 4.90 Å². The van der Waals surface area contributed by atoms with Crippen molar-refractivity contribution in [2.45, 2.75) is 84.4 Å². The van der Waals surface area contributed by atoms with Crippen molar-refractivity contribution in [2.24, 2.45) is 0 Å². The smallest absolute Gasteiger partial charge is 0.123 e.